The van der Waals surface area contributed by atoms with E-state index in [-0.39, 0.29) is 5.91 Å². The van der Waals surface area contributed by atoms with Gasteiger partial charge in [0.25, 0.3) is 5.91 Å². The summed E-state index contributed by atoms with van der Waals surface area (Å²) in [5.74, 6) is 0.782. The molecule has 1 saturated carbocycles. The fourth-order valence-electron chi connectivity index (χ4n) is 3.21. The number of nitrogens with zero attached hydrogens (tertiary/aromatic N) is 2. The third-order valence-corrected chi connectivity index (χ3v) is 5.63. The molecule has 7 heteroatoms. The van der Waals surface area contributed by atoms with E-state index in [4.69, 9.17) is 0 Å². The van der Waals surface area contributed by atoms with E-state index in [2.05, 4.69) is 25.8 Å². The maximum atomic E-state index is 12.2. The van der Waals surface area contributed by atoms with E-state index in [1.807, 2.05) is 24.3 Å². The van der Waals surface area contributed by atoms with Gasteiger partial charge in [-0.05, 0) is 30.5 Å². The molecule has 1 aliphatic rings. The normalized spacial score (nSPS) is 15.5. The third-order valence-electron chi connectivity index (χ3n) is 4.68. The van der Waals surface area contributed by atoms with Crippen LogP contribution in [0.2, 0.25) is 0 Å². The topological polar surface area (TPSA) is 82.7 Å². The maximum absolute atomic E-state index is 12.2. The number of carbonyl (C=O) groups is 1. The summed E-state index contributed by atoms with van der Waals surface area (Å²) in [5, 5.41) is 14.0. The standard InChI is InChI=1S/C19H27N5OS/c25-18(21-12-11-20-17-5-3-1-2-4-6-17)16-9-7-15(8-10-16)13-26-19-22-14-23-24-19/h7-10,14,17,20H,1-6,11-13H2,(H,21,25)(H,22,23,24). The maximum Gasteiger partial charge on any atom is 0.251 e. The quantitative estimate of drug-likeness (QED) is 0.376. The van der Waals surface area contributed by atoms with Gasteiger partial charge < -0.3 is 10.6 Å². The van der Waals surface area contributed by atoms with E-state index in [0.29, 0.717) is 18.2 Å². The first kappa shape index (κ1) is 18.9. The average molecular weight is 374 g/mol. The molecule has 1 aliphatic carbocycles. The van der Waals surface area contributed by atoms with Gasteiger partial charge in [-0.1, -0.05) is 49.6 Å². The Balaban J connectivity index is 1.36. The van der Waals surface area contributed by atoms with Gasteiger partial charge in [0.2, 0.25) is 0 Å². The number of nitrogens with one attached hydrogen (secondary N) is 3. The number of aromatic nitrogens is 3. The second-order valence-corrected chi connectivity index (χ2v) is 7.64. The average Bonchev–Trinajstić information content (AvgIpc) is 3.06. The van der Waals surface area contributed by atoms with Crippen molar-refractivity contribution in [3.8, 4) is 0 Å². The first-order chi connectivity index (χ1) is 12.8. The SMILES string of the molecule is O=C(NCCNC1CCCCCC1)c1ccc(CSc2ncn[nH]2)cc1. The third kappa shape index (κ3) is 6.14. The fraction of sp³-hybridized carbons (Fsp3) is 0.526. The molecule has 140 valence electrons. The number of rotatable bonds is 8. The molecule has 6 nitrogen and oxygen atoms in total. The van der Waals surface area contributed by atoms with Gasteiger partial charge in [0.05, 0.1) is 0 Å². The van der Waals surface area contributed by atoms with Crippen molar-refractivity contribution in [3.05, 3.63) is 41.7 Å². The molecule has 3 rings (SSSR count). The zero-order chi connectivity index (χ0) is 18.0. The summed E-state index contributed by atoms with van der Waals surface area (Å²) in [5.41, 5.74) is 1.85. The first-order valence-electron chi connectivity index (χ1n) is 9.40. The zero-order valence-corrected chi connectivity index (χ0v) is 15.9. The summed E-state index contributed by atoms with van der Waals surface area (Å²) in [7, 11) is 0. The molecule has 3 N–H and O–H groups in total. The molecule has 0 aliphatic heterocycles. The van der Waals surface area contributed by atoms with Gasteiger partial charge in [-0.3, -0.25) is 9.89 Å². The van der Waals surface area contributed by atoms with Crippen LogP contribution in [-0.4, -0.2) is 40.2 Å². The number of hydrogen-bond acceptors (Lipinski definition) is 5. The van der Waals surface area contributed by atoms with Crippen molar-refractivity contribution in [1.29, 1.82) is 0 Å². The second-order valence-electron chi connectivity index (χ2n) is 6.67. The van der Waals surface area contributed by atoms with E-state index < -0.39 is 0 Å². The van der Waals surface area contributed by atoms with Crippen LogP contribution in [0.25, 0.3) is 0 Å². The largest absolute Gasteiger partial charge is 0.351 e. The van der Waals surface area contributed by atoms with Crippen molar-refractivity contribution in [2.45, 2.75) is 55.5 Å². The minimum atomic E-state index is -0.0119. The van der Waals surface area contributed by atoms with Crippen molar-refractivity contribution < 1.29 is 4.79 Å². The van der Waals surface area contributed by atoms with Crippen molar-refractivity contribution in [3.63, 3.8) is 0 Å². The van der Waals surface area contributed by atoms with Gasteiger partial charge in [-0.15, -0.1) is 0 Å². The smallest absolute Gasteiger partial charge is 0.251 e. The molecule has 0 atom stereocenters. The molecule has 1 fully saturated rings. The Kier molecular flexibility index (Phi) is 7.51. The second kappa shape index (κ2) is 10.3. The highest BCUT2D eigenvalue weighted by molar-refractivity contribution is 7.98. The Morgan fingerprint density at radius 3 is 2.58 bits per heavy atom. The molecule has 0 spiro atoms. The Labute approximate surface area is 158 Å². The predicted molar refractivity (Wildman–Crippen MR) is 104 cm³/mol. The van der Waals surface area contributed by atoms with Gasteiger partial charge in [-0.25, -0.2) is 4.98 Å². The van der Waals surface area contributed by atoms with Crippen molar-refractivity contribution >= 4 is 17.7 Å². The molecule has 0 bridgehead atoms. The van der Waals surface area contributed by atoms with Gasteiger partial charge >= 0.3 is 0 Å². The van der Waals surface area contributed by atoms with E-state index in [9.17, 15) is 4.79 Å². The predicted octanol–water partition coefficient (Wildman–Crippen LogP) is 3.14. The number of benzene rings is 1. The fourth-order valence-corrected chi connectivity index (χ4v) is 3.94. The molecular formula is C19H27N5OS. The highest BCUT2D eigenvalue weighted by Gasteiger charge is 2.11. The van der Waals surface area contributed by atoms with Crippen LogP contribution in [0.3, 0.4) is 0 Å². The van der Waals surface area contributed by atoms with E-state index in [1.54, 1.807) is 11.8 Å². The lowest BCUT2D eigenvalue weighted by atomic mass is 10.1. The number of H-pyrrole nitrogens is 1. The molecule has 26 heavy (non-hydrogen) atoms. The van der Waals surface area contributed by atoms with Crippen LogP contribution in [0.15, 0.2) is 35.7 Å². The molecular weight excluding hydrogens is 346 g/mol. The lowest BCUT2D eigenvalue weighted by Crippen LogP contribution is -2.36. The van der Waals surface area contributed by atoms with E-state index >= 15 is 0 Å². The summed E-state index contributed by atoms with van der Waals surface area (Å²) in [6, 6.07) is 8.36. The van der Waals surface area contributed by atoms with Crippen LogP contribution in [0.1, 0.15) is 54.4 Å². The van der Waals surface area contributed by atoms with Crippen LogP contribution in [0, 0.1) is 0 Å². The Morgan fingerprint density at radius 1 is 1.12 bits per heavy atom. The summed E-state index contributed by atoms with van der Waals surface area (Å²) in [6.45, 7) is 1.50. The molecule has 1 aromatic carbocycles. The number of thioether (sulfide) groups is 1. The van der Waals surface area contributed by atoms with Crippen LogP contribution in [0.4, 0.5) is 0 Å². The lowest BCUT2D eigenvalue weighted by molar-refractivity contribution is 0.0953. The van der Waals surface area contributed by atoms with E-state index in [0.717, 1.165) is 23.0 Å². The minimum absolute atomic E-state index is 0.0119. The molecule has 0 unspecified atom stereocenters. The van der Waals surface area contributed by atoms with Gasteiger partial charge in [0.15, 0.2) is 5.16 Å². The molecule has 1 heterocycles. The van der Waals surface area contributed by atoms with Gasteiger partial charge in [-0.2, -0.15) is 5.10 Å². The van der Waals surface area contributed by atoms with E-state index in [1.165, 1.54) is 44.9 Å². The van der Waals surface area contributed by atoms with Crippen molar-refractivity contribution in [2.75, 3.05) is 13.1 Å². The summed E-state index contributed by atoms with van der Waals surface area (Å²) < 4.78 is 0. The lowest BCUT2D eigenvalue weighted by Gasteiger charge is -2.16. The summed E-state index contributed by atoms with van der Waals surface area (Å²) in [6.07, 6.45) is 9.41. The highest BCUT2D eigenvalue weighted by atomic mass is 32.2. The minimum Gasteiger partial charge on any atom is -0.351 e. The van der Waals surface area contributed by atoms with Crippen LogP contribution >= 0.6 is 11.8 Å². The molecule has 0 radical (unpaired) electrons. The van der Waals surface area contributed by atoms with Crippen LogP contribution in [-0.2, 0) is 5.75 Å². The summed E-state index contributed by atoms with van der Waals surface area (Å²) >= 11 is 1.59. The van der Waals surface area contributed by atoms with Gasteiger partial charge in [0, 0.05) is 30.4 Å². The van der Waals surface area contributed by atoms with Crippen LogP contribution in [0.5, 0.6) is 0 Å². The highest BCUT2D eigenvalue weighted by Crippen LogP contribution is 2.18. The molecule has 1 aromatic heterocycles. The Bertz CT molecular complexity index is 651. The molecule has 1 amide bonds. The zero-order valence-electron chi connectivity index (χ0n) is 15.0. The Hall–Kier alpha value is -1.86. The van der Waals surface area contributed by atoms with Crippen molar-refractivity contribution in [2.24, 2.45) is 0 Å². The number of carbonyl (C=O) groups excluding carboxylic acids is 1. The van der Waals surface area contributed by atoms with Gasteiger partial charge in [0.1, 0.15) is 6.33 Å². The Morgan fingerprint density at radius 2 is 1.88 bits per heavy atom. The summed E-state index contributed by atoms with van der Waals surface area (Å²) in [4.78, 5) is 16.3. The number of amides is 1. The number of hydrogen-bond donors (Lipinski definition) is 3. The first-order valence-corrected chi connectivity index (χ1v) is 10.4. The molecule has 0 saturated heterocycles. The van der Waals surface area contributed by atoms with Crippen molar-refractivity contribution in [1.82, 2.24) is 25.8 Å². The van der Waals surface area contributed by atoms with Crippen LogP contribution < -0.4 is 10.6 Å². The molecule has 2 aromatic rings. The number of aromatic amines is 1. The monoisotopic (exact) mass is 373 g/mol.